The molecule has 1 rings (SSSR count). The zero-order chi connectivity index (χ0) is 8.10. The molecule has 0 spiro atoms. The Kier molecular flexibility index (Phi) is 3.21. The standard InChI is InChI=1S/C10H17N/c1-2-9-7-5-3-4-6-8-10(9)11/h2H,1,3-8,11H2. The van der Waals surface area contributed by atoms with Crippen LogP contribution in [0.25, 0.3) is 0 Å². The van der Waals surface area contributed by atoms with Gasteiger partial charge in [0.05, 0.1) is 0 Å². The topological polar surface area (TPSA) is 26.0 Å². The highest BCUT2D eigenvalue weighted by atomic mass is 14.6. The molecule has 11 heavy (non-hydrogen) atoms. The second kappa shape index (κ2) is 4.22. The van der Waals surface area contributed by atoms with Gasteiger partial charge in [0.2, 0.25) is 0 Å². The van der Waals surface area contributed by atoms with Crippen LogP contribution in [0.3, 0.4) is 0 Å². The molecule has 0 saturated carbocycles. The molecular formula is C10H17N. The summed E-state index contributed by atoms with van der Waals surface area (Å²) in [4.78, 5) is 0. The van der Waals surface area contributed by atoms with Gasteiger partial charge in [-0.05, 0) is 31.3 Å². The Hall–Kier alpha value is -0.720. The van der Waals surface area contributed by atoms with Crippen molar-refractivity contribution in [2.75, 3.05) is 0 Å². The van der Waals surface area contributed by atoms with Gasteiger partial charge in [-0.2, -0.15) is 0 Å². The second-order valence-corrected chi connectivity index (χ2v) is 3.17. The quantitative estimate of drug-likeness (QED) is 0.612. The highest BCUT2D eigenvalue weighted by molar-refractivity contribution is 5.22. The normalized spacial score (nSPS) is 20.7. The number of rotatable bonds is 1. The van der Waals surface area contributed by atoms with Crippen LogP contribution in [0.2, 0.25) is 0 Å². The van der Waals surface area contributed by atoms with Crippen molar-refractivity contribution in [3.63, 3.8) is 0 Å². The van der Waals surface area contributed by atoms with Crippen molar-refractivity contribution < 1.29 is 0 Å². The maximum atomic E-state index is 5.87. The fourth-order valence-corrected chi connectivity index (χ4v) is 1.54. The fraction of sp³-hybridized carbons (Fsp3) is 0.600. The molecule has 1 nitrogen and oxygen atoms in total. The molecule has 0 heterocycles. The van der Waals surface area contributed by atoms with Gasteiger partial charge in [-0.1, -0.05) is 25.5 Å². The van der Waals surface area contributed by atoms with Gasteiger partial charge in [0.1, 0.15) is 0 Å². The molecule has 0 aliphatic heterocycles. The van der Waals surface area contributed by atoms with E-state index in [4.69, 9.17) is 5.73 Å². The summed E-state index contributed by atoms with van der Waals surface area (Å²) in [5.74, 6) is 0. The van der Waals surface area contributed by atoms with Crippen molar-refractivity contribution >= 4 is 0 Å². The largest absolute Gasteiger partial charge is 0.402 e. The number of nitrogens with two attached hydrogens (primary N) is 1. The molecule has 2 N–H and O–H groups in total. The lowest BCUT2D eigenvalue weighted by Crippen LogP contribution is -2.03. The first kappa shape index (κ1) is 8.38. The van der Waals surface area contributed by atoms with Crippen molar-refractivity contribution in [1.29, 1.82) is 0 Å². The second-order valence-electron chi connectivity index (χ2n) is 3.17. The zero-order valence-electron chi connectivity index (χ0n) is 7.10. The van der Waals surface area contributed by atoms with E-state index < -0.39 is 0 Å². The zero-order valence-corrected chi connectivity index (χ0v) is 7.10. The molecule has 62 valence electrons. The van der Waals surface area contributed by atoms with Crippen LogP contribution >= 0.6 is 0 Å². The maximum Gasteiger partial charge on any atom is 0.0113 e. The van der Waals surface area contributed by atoms with Crippen LogP contribution in [0.4, 0.5) is 0 Å². The summed E-state index contributed by atoms with van der Waals surface area (Å²) in [5.41, 5.74) is 8.22. The smallest absolute Gasteiger partial charge is 0.0113 e. The summed E-state index contributed by atoms with van der Waals surface area (Å²) >= 11 is 0. The van der Waals surface area contributed by atoms with Crippen molar-refractivity contribution in [2.24, 2.45) is 5.73 Å². The van der Waals surface area contributed by atoms with Gasteiger partial charge in [-0.3, -0.25) is 0 Å². The Balaban J connectivity index is 2.63. The predicted molar refractivity (Wildman–Crippen MR) is 49.1 cm³/mol. The minimum atomic E-state index is 1.07. The lowest BCUT2D eigenvalue weighted by molar-refractivity contribution is 0.613. The van der Waals surface area contributed by atoms with E-state index in [9.17, 15) is 0 Å². The third kappa shape index (κ3) is 2.41. The third-order valence-corrected chi connectivity index (χ3v) is 2.30. The molecule has 0 amide bonds. The number of hydrogen-bond acceptors (Lipinski definition) is 1. The van der Waals surface area contributed by atoms with E-state index in [1.165, 1.54) is 31.3 Å². The van der Waals surface area contributed by atoms with Crippen molar-refractivity contribution in [3.05, 3.63) is 23.9 Å². The Morgan fingerprint density at radius 3 is 2.36 bits per heavy atom. The van der Waals surface area contributed by atoms with Gasteiger partial charge in [-0.25, -0.2) is 0 Å². The van der Waals surface area contributed by atoms with Crippen LogP contribution in [-0.2, 0) is 0 Å². The van der Waals surface area contributed by atoms with Gasteiger partial charge in [0.15, 0.2) is 0 Å². The average molecular weight is 151 g/mol. The van der Waals surface area contributed by atoms with E-state index in [1.54, 1.807) is 0 Å². The number of allylic oxidation sites excluding steroid dienone is 3. The summed E-state index contributed by atoms with van der Waals surface area (Å²) < 4.78 is 0. The summed E-state index contributed by atoms with van der Waals surface area (Å²) in [7, 11) is 0. The van der Waals surface area contributed by atoms with Crippen molar-refractivity contribution in [2.45, 2.75) is 38.5 Å². The highest BCUT2D eigenvalue weighted by Gasteiger charge is 2.03. The Morgan fingerprint density at radius 1 is 1.09 bits per heavy atom. The van der Waals surface area contributed by atoms with E-state index in [-0.39, 0.29) is 0 Å². The average Bonchev–Trinajstić information content (AvgIpc) is 1.98. The molecule has 0 radical (unpaired) electrons. The maximum absolute atomic E-state index is 5.87. The predicted octanol–water partition coefficient (Wildman–Crippen LogP) is 2.74. The molecule has 1 aliphatic carbocycles. The first-order chi connectivity index (χ1) is 5.34. The minimum absolute atomic E-state index is 1.07. The molecule has 0 aromatic heterocycles. The first-order valence-electron chi connectivity index (χ1n) is 4.44. The molecule has 0 aromatic rings. The lowest BCUT2D eigenvalue weighted by Gasteiger charge is -2.11. The lowest BCUT2D eigenvalue weighted by atomic mass is 9.98. The van der Waals surface area contributed by atoms with Crippen LogP contribution in [0.1, 0.15) is 38.5 Å². The van der Waals surface area contributed by atoms with E-state index in [2.05, 4.69) is 6.58 Å². The molecule has 0 aromatic carbocycles. The van der Waals surface area contributed by atoms with Crippen LogP contribution in [-0.4, -0.2) is 0 Å². The van der Waals surface area contributed by atoms with Gasteiger partial charge in [-0.15, -0.1) is 0 Å². The van der Waals surface area contributed by atoms with Crippen LogP contribution in [0.5, 0.6) is 0 Å². The molecule has 0 bridgehead atoms. The van der Waals surface area contributed by atoms with Crippen LogP contribution in [0, 0.1) is 0 Å². The molecule has 1 aliphatic rings. The molecule has 1 heteroatoms. The van der Waals surface area contributed by atoms with E-state index in [0.717, 1.165) is 18.5 Å². The van der Waals surface area contributed by atoms with Gasteiger partial charge < -0.3 is 5.73 Å². The van der Waals surface area contributed by atoms with E-state index in [1.807, 2.05) is 6.08 Å². The molecular weight excluding hydrogens is 134 g/mol. The van der Waals surface area contributed by atoms with Crippen LogP contribution < -0.4 is 5.73 Å². The van der Waals surface area contributed by atoms with Gasteiger partial charge >= 0.3 is 0 Å². The SMILES string of the molecule is C=CC1=C(N)CCCCCC1. The first-order valence-corrected chi connectivity index (χ1v) is 4.44. The molecule has 0 atom stereocenters. The summed E-state index contributed by atoms with van der Waals surface area (Å²) in [6, 6.07) is 0. The Morgan fingerprint density at radius 2 is 1.73 bits per heavy atom. The fourth-order valence-electron chi connectivity index (χ4n) is 1.54. The van der Waals surface area contributed by atoms with Crippen molar-refractivity contribution in [1.82, 2.24) is 0 Å². The van der Waals surface area contributed by atoms with Gasteiger partial charge in [0.25, 0.3) is 0 Å². The van der Waals surface area contributed by atoms with Gasteiger partial charge in [0, 0.05) is 5.70 Å². The van der Waals surface area contributed by atoms with E-state index >= 15 is 0 Å². The molecule has 0 unspecified atom stereocenters. The summed E-state index contributed by atoms with van der Waals surface area (Å²) in [6.45, 7) is 3.77. The van der Waals surface area contributed by atoms with Crippen LogP contribution in [0.15, 0.2) is 23.9 Å². The van der Waals surface area contributed by atoms with E-state index in [0.29, 0.717) is 0 Å². The Labute approximate surface area is 69.0 Å². The molecule has 0 saturated heterocycles. The molecule has 0 fully saturated rings. The minimum Gasteiger partial charge on any atom is -0.402 e. The highest BCUT2D eigenvalue weighted by Crippen LogP contribution is 2.20. The van der Waals surface area contributed by atoms with Crippen molar-refractivity contribution in [3.8, 4) is 0 Å². The summed E-state index contributed by atoms with van der Waals surface area (Å²) in [5, 5.41) is 0. The number of hydrogen-bond donors (Lipinski definition) is 1. The Bertz CT molecular complexity index is 168. The summed E-state index contributed by atoms with van der Waals surface area (Å²) in [6.07, 6.45) is 9.35. The monoisotopic (exact) mass is 151 g/mol. The third-order valence-electron chi connectivity index (χ3n) is 2.30.